The Bertz CT molecular complexity index is 1230. The molecule has 0 atom stereocenters. The van der Waals surface area contributed by atoms with Crippen molar-refractivity contribution in [3.8, 4) is 5.75 Å². The molecule has 0 bridgehead atoms. The molecule has 0 radical (unpaired) electrons. The Balaban J connectivity index is 1.55. The summed E-state index contributed by atoms with van der Waals surface area (Å²) in [5.74, 6) is -1.36. The average Bonchev–Trinajstić information content (AvgIpc) is 2.71. The van der Waals surface area contributed by atoms with E-state index in [-0.39, 0.29) is 6.61 Å². The minimum atomic E-state index is -0.913. The van der Waals surface area contributed by atoms with E-state index in [0.717, 1.165) is 11.1 Å². The summed E-state index contributed by atoms with van der Waals surface area (Å²) in [4.78, 5) is 38.9. The fourth-order valence-electron chi connectivity index (χ4n) is 3.09. The van der Waals surface area contributed by atoms with Gasteiger partial charge in [0.15, 0.2) is 5.56 Å². The zero-order chi connectivity index (χ0) is 24.2. The second kappa shape index (κ2) is 9.95. The highest BCUT2D eigenvalue weighted by Crippen LogP contribution is 2.27. The molecule has 1 heterocycles. The predicted molar refractivity (Wildman–Crippen MR) is 125 cm³/mol. The maximum absolute atomic E-state index is 12.4. The van der Waals surface area contributed by atoms with Gasteiger partial charge in [-0.15, -0.1) is 0 Å². The van der Waals surface area contributed by atoms with Crippen LogP contribution in [-0.2, 0) is 22.4 Å². The van der Waals surface area contributed by atoms with E-state index in [1.54, 1.807) is 26.8 Å². The monoisotopic (exact) mass is 472 g/mol. The number of pyridine rings is 1. The van der Waals surface area contributed by atoms with Gasteiger partial charge in [-0.1, -0.05) is 35.9 Å². The van der Waals surface area contributed by atoms with Crippen molar-refractivity contribution in [1.29, 1.82) is 0 Å². The van der Waals surface area contributed by atoms with Gasteiger partial charge in [-0.05, 0) is 50.1 Å². The molecule has 8 nitrogen and oxygen atoms in total. The summed E-state index contributed by atoms with van der Waals surface area (Å²) in [6.07, 6.45) is -0.0820. The third-order valence-electron chi connectivity index (χ3n) is 4.64. The first-order valence-corrected chi connectivity index (χ1v) is 10.7. The summed E-state index contributed by atoms with van der Waals surface area (Å²) < 4.78 is 10.4. The van der Waals surface area contributed by atoms with Crippen molar-refractivity contribution in [2.45, 2.75) is 39.3 Å². The van der Waals surface area contributed by atoms with E-state index in [1.165, 1.54) is 12.1 Å². The largest absolute Gasteiger partial charge is 0.506 e. The highest BCUT2D eigenvalue weighted by molar-refractivity contribution is 6.31. The van der Waals surface area contributed by atoms with Crippen molar-refractivity contribution in [2.75, 3.05) is 6.61 Å². The van der Waals surface area contributed by atoms with Crippen molar-refractivity contribution >= 4 is 34.6 Å². The molecule has 2 aromatic carbocycles. The molecule has 0 aliphatic rings. The first-order valence-electron chi connectivity index (χ1n) is 10.3. The zero-order valence-corrected chi connectivity index (χ0v) is 19.3. The Morgan fingerprint density at radius 1 is 1.09 bits per heavy atom. The van der Waals surface area contributed by atoms with Crippen LogP contribution in [0.1, 0.15) is 42.3 Å². The summed E-state index contributed by atoms with van der Waals surface area (Å²) in [6.45, 7) is 5.72. The number of aromatic hydroxyl groups is 1. The van der Waals surface area contributed by atoms with Crippen LogP contribution in [0.3, 0.4) is 0 Å². The van der Waals surface area contributed by atoms with Crippen LogP contribution in [-0.4, -0.2) is 34.4 Å². The van der Waals surface area contributed by atoms with Crippen LogP contribution in [0.5, 0.6) is 5.75 Å². The molecule has 0 saturated carbocycles. The number of rotatable bonds is 6. The van der Waals surface area contributed by atoms with E-state index in [4.69, 9.17) is 21.1 Å². The van der Waals surface area contributed by atoms with Crippen LogP contribution in [0.25, 0.3) is 10.9 Å². The Labute approximate surface area is 195 Å². The summed E-state index contributed by atoms with van der Waals surface area (Å²) in [5, 5.41) is 13.8. The molecule has 174 valence electrons. The molecule has 3 aromatic rings. The number of halogens is 1. The molecule has 0 fully saturated rings. The Kier molecular flexibility index (Phi) is 7.28. The number of benzene rings is 2. The molecule has 0 saturated heterocycles. The summed E-state index contributed by atoms with van der Waals surface area (Å²) in [7, 11) is 0. The Morgan fingerprint density at radius 3 is 2.42 bits per heavy atom. The number of H-pyrrole nitrogens is 1. The quantitative estimate of drug-likeness (QED) is 0.460. The lowest BCUT2D eigenvalue weighted by molar-refractivity contribution is 0.0500. The molecule has 0 aliphatic heterocycles. The van der Waals surface area contributed by atoms with Gasteiger partial charge < -0.3 is 24.9 Å². The number of fused-ring (bicyclic) bond motifs is 1. The average molecular weight is 473 g/mol. The third-order valence-corrected chi connectivity index (χ3v) is 4.87. The maximum atomic E-state index is 12.4. The van der Waals surface area contributed by atoms with Crippen LogP contribution in [0.15, 0.2) is 47.3 Å². The standard InChI is InChI=1S/C24H25ClN2O6/c1-24(2,3)33-23(31)26-13-15-6-4-14(5-7-15)10-11-32-22(30)19-20(28)17-9-8-16(25)12-18(17)27-21(19)29/h4-9,12H,10-11,13H2,1-3H3,(H,26,31)(H2,27,28,29). The molecule has 3 N–H and O–H groups in total. The third kappa shape index (κ3) is 6.49. The maximum Gasteiger partial charge on any atom is 0.407 e. The van der Waals surface area contributed by atoms with Gasteiger partial charge in [-0.2, -0.15) is 0 Å². The molecule has 9 heteroatoms. The second-order valence-corrected chi connectivity index (χ2v) is 8.86. The Morgan fingerprint density at radius 2 is 1.76 bits per heavy atom. The predicted octanol–water partition coefficient (Wildman–Crippen LogP) is 4.31. The molecule has 3 rings (SSSR count). The van der Waals surface area contributed by atoms with Crippen molar-refractivity contribution in [3.05, 3.63) is 74.5 Å². The molecule has 0 aliphatic carbocycles. The molecule has 0 spiro atoms. The number of hydrogen-bond donors (Lipinski definition) is 3. The van der Waals surface area contributed by atoms with Gasteiger partial charge in [0.05, 0.1) is 12.1 Å². The number of aromatic nitrogens is 1. The van der Waals surface area contributed by atoms with Crippen LogP contribution in [0, 0.1) is 0 Å². The minimum absolute atomic E-state index is 0.0197. The first kappa shape index (κ1) is 24.1. The van der Waals surface area contributed by atoms with Gasteiger partial charge in [0.25, 0.3) is 5.56 Å². The number of alkyl carbamates (subject to hydrolysis) is 1. The second-order valence-electron chi connectivity index (χ2n) is 8.43. The van der Waals surface area contributed by atoms with Crippen molar-refractivity contribution in [3.63, 3.8) is 0 Å². The lowest BCUT2D eigenvalue weighted by Gasteiger charge is -2.19. The summed E-state index contributed by atoms with van der Waals surface area (Å²) in [6, 6.07) is 11.9. The number of amides is 1. The van der Waals surface area contributed by atoms with Gasteiger partial charge >= 0.3 is 12.1 Å². The highest BCUT2D eigenvalue weighted by Gasteiger charge is 2.21. The van der Waals surface area contributed by atoms with Gasteiger partial charge in [0.1, 0.15) is 11.4 Å². The van der Waals surface area contributed by atoms with Gasteiger partial charge in [-0.25, -0.2) is 9.59 Å². The van der Waals surface area contributed by atoms with Crippen molar-refractivity contribution < 1.29 is 24.2 Å². The van der Waals surface area contributed by atoms with Gasteiger partial charge in [0.2, 0.25) is 0 Å². The number of hydrogen-bond acceptors (Lipinski definition) is 6. The van der Waals surface area contributed by atoms with Crippen molar-refractivity contribution in [1.82, 2.24) is 10.3 Å². The lowest BCUT2D eigenvalue weighted by Crippen LogP contribution is -2.32. The van der Waals surface area contributed by atoms with E-state index in [0.29, 0.717) is 28.9 Å². The van der Waals surface area contributed by atoms with Crippen LogP contribution in [0.4, 0.5) is 4.79 Å². The van der Waals surface area contributed by atoms with Crippen LogP contribution < -0.4 is 10.9 Å². The number of carbonyl (C=O) groups is 2. The summed E-state index contributed by atoms with van der Waals surface area (Å²) >= 11 is 5.90. The number of nitrogens with one attached hydrogen (secondary N) is 2. The lowest BCUT2D eigenvalue weighted by atomic mass is 10.1. The molecule has 33 heavy (non-hydrogen) atoms. The minimum Gasteiger partial charge on any atom is -0.506 e. The number of aromatic amines is 1. The van der Waals surface area contributed by atoms with E-state index in [9.17, 15) is 19.5 Å². The molecular weight excluding hydrogens is 448 g/mol. The topological polar surface area (TPSA) is 118 Å². The van der Waals surface area contributed by atoms with E-state index in [1.807, 2.05) is 24.3 Å². The zero-order valence-electron chi connectivity index (χ0n) is 18.5. The van der Waals surface area contributed by atoms with Gasteiger partial charge in [0, 0.05) is 23.4 Å². The van der Waals surface area contributed by atoms with E-state index >= 15 is 0 Å². The first-order chi connectivity index (χ1) is 15.5. The Hall–Kier alpha value is -3.52. The number of carbonyl (C=O) groups excluding carboxylic acids is 2. The summed E-state index contributed by atoms with van der Waals surface area (Å²) in [5.41, 5.74) is 0.336. The molecular formula is C24H25ClN2O6. The highest BCUT2D eigenvalue weighted by atomic mass is 35.5. The number of ether oxygens (including phenoxy) is 2. The van der Waals surface area contributed by atoms with Crippen LogP contribution in [0.2, 0.25) is 5.02 Å². The SMILES string of the molecule is CC(C)(C)OC(=O)NCc1ccc(CCOC(=O)c2c(O)c3ccc(Cl)cc3[nH]c2=O)cc1. The molecule has 1 aromatic heterocycles. The molecule has 1 amide bonds. The normalized spacial score (nSPS) is 11.3. The van der Waals surface area contributed by atoms with E-state index in [2.05, 4.69) is 10.3 Å². The fraction of sp³-hybridized carbons (Fsp3) is 0.292. The molecule has 0 unspecified atom stereocenters. The number of esters is 1. The smallest absolute Gasteiger partial charge is 0.407 e. The van der Waals surface area contributed by atoms with E-state index < -0.39 is 34.5 Å². The van der Waals surface area contributed by atoms with Crippen molar-refractivity contribution in [2.24, 2.45) is 0 Å². The van der Waals surface area contributed by atoms with Gasteiger partial charge in [-0.3, -0.25) is 4.79 Å². The van der Waals surface area contributed by atoms with Crippen LogP contribution >= 0.6 is 11.6 Å². The fourth-order valence-corrected chi connectivity index (χ4v) is 3.26.